The number of sulfonamides is 1. The summed E-state index contributed by atoms with van der Waals surface area (Å²) in [6, 6.07) is 7.17. The molecule has 0 bridgehead atoms. The molecule has 0 atom stereocenters. The molecule has 0 aromatic heterocycles. The van der Waals surface area contributed by atoms with Crippen LogP contribution in [0.25, 0.3) is 0 Å². The van der Waals surface area contributed by atoms with E-state index < -0.39 is 15.8 Å². The predicted molar refractivity (Wildman–Crippen MR) is 90.3 cm³/mol. The molecule has 112 valence electrons. The summed E-state index contributed by atoms with van der Waals surface area (Å²) in [5, 5.41) is 0. The first kappa shape index (κ1) is 16.0. The monoisotopic (exact) mass is 420 g/mol. The van der Waals surface area contributed by atoms with Crippen molar-refractivity contribution in [3.05, 3.63) is 50.8 Å². The number of anilines is 2. The largest absolute Gasteiger partial charge is 0.398 e. The Morgan fingerprint density at radius 3 is 2.48 bits per heavy atom. The molecule has 0 heterocycles. The Hall–Kier alpha value is -1.35. The maximum absolute atomic E-state index is 13.1. The Morgan fingerprint density at radius 2 is 1.86 bits per heavy atom. The molecule has 0 fully saturated rings. The maximum atomic E-state index is 13.1. The number of rotatable bonds is 3. The molecule has 0 unspecified atom stereocenters. The van der Waals surface area contributed by atoms with Crippen molar-refractivity contribution < 1.29 is 12.8 Å². The molecule has 2 aromatic carbocycles. The smallest absolute Gasteiger partial charge is 0.264 e. The Bertz CT molecular complexity index is 807. The van der Waals surface area contributed by atoms with Gasteiger partial charge >= 0.3 is 0 Å². The van der Waals surface area contributed by atoms with Crippen LogP contribution < -0.4 is 10.5 Å². The Balaban J connectivity index is 2.51. The van der Waals surface area contributed by atoms with Crippen LogP contribution in [0.15, 0.2) is 35.2 Å². The number of hydrogen-bond acceptors (Lipinski definition) is 3. The van der Waals surface area contributed by atoms with Crippen LogP contribution in [0.5, 0.6) is 0 Å². The molecule has 2 rings (SSSR count). The molecule has 3 N–H and O–H groups in total. The normalized spacial score (nSPS) is 11.4. The summed E-state index contributed by atoms with van der Waals surface area (Å²) >= 11 is 1.87. The van der Waals surface area contributed by atoms with E-state index >= 15 is 0 Å². The van der Waals surface area contributed by atoms with Crippen LogP contribution >= 0.6 is 22.6 Å². The van der Waals surface area contributed by atoms with Gasteiger partial charge in [0.15, 0.2) is 0 Å². The van der Waals surface area contributed by atoms with Crippen LogP contribution in [-0.4, -0.2) is 8.42 Å². The minimum atomic E-state index is -3.83. The number of nitrogens with one attached hydrogen (secondary N) is 1. The van der Waals surface area contributed by atoms with Gasteiger partial charge in [-0.1, -0.05) is 6.07 Å². The van der Waals surface area contributed by atoms with Crippen molar-refractivity contribution in [1.29, 1.82) is 0 Å². The van der Waals surface area contributed by atoms with Gasteiger partial charge in [-0.2, -0.15) is 0 Å². The lowest BCUT2D eigenvalue weighted by molar-refractivity contribution is 0.600. The molecule has 2 aromatic rings. The molecular weight excluding hydrogens is 406 g/mol. The van der Waals surface area contributed by atoms with Crippen molar-refractivity contribution in [3.63, 3.8) is 0 Å². The van der Waals surface area contributed by atoms with Crippen LogP contribution in [0, 0.1) is 23.2 Å². The van der Waals surface area contributed by atoms with E-state index in [1.807, 2.05) is 29.5 Å². The lowest BCUT2D eigenvalue weighted by Gasteiger charge is -2.15. The minimum absolute atomic E-state index is 0.0580. The zero-order valence-electron chi connectivity index (χ0n) is 11.4. The van der Waals surface area contributed by atoms with Crippen LogP contribution in [0.2, 0.25) is 0 Å². The summed E-state index contributed by atoms with van der Waals surface area (Å²) in [6.07, 6.45) is 0. The van der Waals surface area contributed by atoms with E-state index in [0.717, 1.165) is 5.56 Å². The first-order chi connectivity index (χ1) is 9.72. The summed E-state index contributed by atoms with van der Waals surface area (Å²) < 4.78 is 41.1. The predicted octanol–water partition coefficient (Wildman–Crippen LogP) is 3.43. The lowest BCUT2D eigenvalue weighted by Crippen LogP contribution is -2.17. The number of hydrogen-bond donors (Lipinski definition) is 2. The van der Waals surface area contributed by atoms with E-state index in [-0.39, 0.29) is 10.6 Å². The fourth-order valence-corrected chi connectivity index (χ4v) is 4.24. The molecule has 0 saturated carbocycles. The van der Waals surface area contributed by atoms with Crippen molar-refractivity contribution in [1.82, 2.24) is 0 Å². The number of nitrogen functional groups attached to an aromatic ring is 1. The summed E-state index contributed by atoms with van der Waals surface area (Å²) in [6.45, 7) is 3.52. The van der Waals surface area contributed by atoms with Gasteiger partial charge in [-0.25, -0.2) is 12.8 Å². The van der Waals surface area contributed by atoms with Crippen molar-refractivity contribution in [2.45, 2.75) is 18.7 Å². The Kier molecular flexibility index (Phi) is 4.43. The van der Waals surface area contributed by atoms with Crippen LogP contribution in [0.4, 0.5) is 15.8 Å². The molecule has 4 nitrogen and oxygen atoms in total. The van der Waals surface area contributed by atoms with Gasteiger partial charge in [0.1, 0.15) is 10.7 Å². The van der Waals surface area contributed by atoms with Gasteiger partial charge in [-0.05, 0) is 71.8 Å². The highest BCUT2D eigenvalue weighted by atomic mass is 127. The number of benzene rings is 2. The van der Waals surface area contributed by atoms with E-state index in [9.17, 15) is 12.8 Å². The van der Waals surface area contributed by atoms with E-state index in [1.54, 1.807) is 19.1 Å². The van der Waals surface area contributed by atoms with E-state index in [4.69, 9.17) is 5.73 Å². The lowest BCUT2D eigenvalue weighted by atomic mass is 10.1. The second-order valence-electron chi connectivity index (χ2n) is 4.66. The zero-order valence-corrected chi connectivity index (χ0v) is 14.4. The summed E-state index contributed by atoms with van der Waals surface area (Å²) in [5.41, 5.74) is 7.74. The molecule has 0 spiro atoms. The first-order valence-electron chi connectivity index (χ1n) is 6.06. The number of aryl methyl sites for hydroxylation is 1. The van der Waals surface area contributed by atoms with Crippen molar-refractivity contribution in [3.8, 4) is 0 Å². The van der Waals surface area contributed by atoms with E-state index in [0.29, 0.717) is 14.8 Å². The maximum Gasteiger partial charge on any atom is 0.264 e. The average Bonchev–Trinajstić information content (AvgIpc) is 2.37. The average molecular weight is 420 g/mol. The molecule has 0 aliphatic rings. The van der Waals surface area contributed by atoms with Crippen LogP contribution in [-0.2, 0) is 10.0 Å². The molecule has 21 heavy (non-hydrogen) atoms. The third-order valence-corrected chi connectivity index (χ3v) is 5.61. The number of halogens is 2. The highest BCUT2D eigenvalue weighted by Gasteiger charge is 2.22. The highest BCUT2D eigenvalue weighted by molar-refractivity contribution is 14.1. The quantitative estimate of drug-likeness (QED) is 0.591. The fraction of sp³-hybridized carbons (Fsp3) is 0.143. The van der Waals surface area contributed by atoms with Gasteiger partial charge < -0.3 is 5.73 Å². The Morgan fingerprint density at radius 1 is 1.19 bits per heavy atom. The third kappa shape index (κ3) is 3.29. The van der Waals surface area contributed by atoms with Gasteiger partial charge in [0.25, 0.3) is 10.0 Å². The molecular formula is C14H14FIN2O2S. The highest BCUT2D eigenvalue weighted by Crippen LogP contribution is 2.29. The van der Waals surface area contributed by atoms with Gasteiger partial charge in [0.05, 0.1) is 11.4 Å². The standard InChI is InChI=1S/C14H14FIN2O2S/c1-8-3-5-12(17)14(9(8)2)21(19,20)18-13-6-4-10(15)7-11(13)16/h3-7,18H,17H2,1-2H3. The zero-order chi connectivity index (χ0) is 15.8. The molecule has 0 amide bonds. The number of nitrogens with two attached hydrogens (primary N) is 1. The molecule has 0 aliphatic carbocycles. The minimum Gasteiger partial charge on any atom is -0.398 e. The summed E-state index contributed by atoms with van der Waals surface area (Å²) in [7, 11) is -3.83. The molecule has 0 aliphatic heterocycles. The van der Waals surface area contributed by atoms with Gasteiger partial charge in [-0.3, -0.25) is 4.72 Å². The van der Waals surface area contributed by atoms with E-state index in [1.165, 1.54) is 18.2 Å². The van der Waals surface area contributed by atoms with Gasteiger partial charge in [-0.15, -0.1) is 0 Å². The second kappa shape index (κ2) is 5.80. The first-order valence-corrected chi connectivity index (χ1v) is 8.62. The molecule has 0 radical (unpaired) electrons. The van der Waals surface area contributed by atoms with Gasteiger partial charge in [0.2, 0.25) is 0 Å². The summed E-state index contributed by atoms with van der Waals surface area (Å²) in [4.78, 5) is 0.0580. The summed E-state index contributed by atoms with van der Waals surface area (Å²) in [5.74, 6) is -0.423. The van der Waals surface area contributed by atoms with Crippen molar-refractivity contribution in [2.24, 2.45) is 0 Å². The second-order valence-corrected chi connectivity index (χ2v) is 7.44. The van der Waals surface area contributed by atoms with E-state index in [2.05, 4.69) is 4.72 Å². The topological polar surface area (TPSA) is 72.2 Å². The Labute approximate surface area is 136 Å². The third-order valence-electron chi connectivity index (χ3n) is 3.15. The van der Waals surface area contributed by atoms with Gasteiger partial charge in [0, 0.05) is 3.57 Å². The molecule has 7 heteroatoms. The van der Waals surface area contributed by atoms with Crippen LogP contribution in [0.3, 0.4) is 0 Å². The van der Waals surface area contributed by atoms with Crippen molar-refractivity contribution in [2.75, 3.05) is 10.5 Å². The molecule has 0 saturated heterocycles. The SMILES string of the molecule is Cc1ccc(N)c(S(=O)(=O)Nc2ccc(F)cc2I)c1C. The fourth-order valence-electron chi connectivity index (χ4n) is 1.94. The van der Waals surface area contributed by atoms with Crippen molar-refractivity contribution >= 4 is 44.0 Å². The van der Waals surface area contributed by atoms with Crippen LogP contribution in [0.1, 0.15) is 11.1 Å².